The van der Waals surface area contributed by atoms with Gasteiger partial charge in [-0.05, 0) is 12.8 Å². The zero-order chi connectivity index (χ0) is 10.4. The highest BCUT2D eigenvalue weighted by Gasteiger charge is 2.19. The van der Waals surface area contributed by atoms with Gasteiger partial charge in [-0.15, -0.1) is 0 Å². The summed E-state index contributed by atoms with van der Waals surface area (Å²) in [4.78, 5) is 15.1. The fourth-order valence-electron chi connectivity index (χ4n) is 1.38. The van der Waals surface area contributed by atoms with Gasteiger partial charge in [-0.3, -0.25) is 9.79 Å². The molecule has 1 aliphatic heterocycles. The van der Waals surface area contributed by atoms with Crippen LogP contribution in [0.5, 0.6) is 0 Å². The van der Waals surface area contributed by atoms with Gasteiger partial charge >= 0.3 is 0 Å². The van der Waals surface area contributed by atoms with Gasteiger partial charge in [0.15, 0.2) is 5.96 Å². The molecule has 6 N–H and O–H groups in total. The van der Waals surface area contributed by atoms with E-state index in [4.69, 9.17) is 11.5 Å². The lowest BCUT2D eigenvalue weighted by Crippen LogP contribution is -2.52. The highest BCUT2D eigenvalue weighted by molar-refractivity contribution is 5.82. The van der Waals surface area contributed by atoms with Gasteiger partial charge in [0, 0.05) is 19.6 Å². The minimum absolute atomic E-state index is 0.0703. The molecule has 0 aliphatic carbocycles. The lowest BCUT2D eigenvalue weighted by atomic mass is 10.1. The third kappa shape index (κ3) is 3.61. The van der Waals surface area contributed by atoms with E-state index < -0.39 is 0 Å². The third-order valence-corrected chi connectivity index (χ3v) is 2.08. The van der Waals surface area contributed by atoms with Crippen molar-refractivity contribution in [3.8, 4) is 0 Å². The first-order valence-corrected chi connectivity index (χ1v) is 4.76. The van der Waals surface area contributed by atoms with Crippen LogP contribution in [0.1, 0.15) is 12.8 Å². The number of guanidine groups is 1. The van der Waals surface area contributed by atoms with E-state index in [0.717, 1.165) is 19.4 Å². The zero-order valence-corrected chi connectivity index (χ0v) is 8.12. The molecular formula is C8H17N5O. The van der Waals surface area contributed by atoms with E-state index in [1.807, 2.05) is 0 Å². The van der Waals surface area contributed by atoms with Gasteiger partial charge in [0.25, 0.3) is 0 Å². The van der Waals surface area contributed by atoms with Crippen molar-refractivity contribution in [2.45, 2.75) is 18.9 Å². The highest BCUT2D eigenvalue weighted by atomic mass is 16.2. The lowest BCUT2D eigenvalue weighted by Gasteiger charge is -2.22. The largest absolute Gasteiger partial charge is 0.370 e. The Labute approximate surface area is 83.1 Å². The Kier molecular flexibility index (Phi) is 4.18. The second-order valence-corrected chi connectivity index (χ2v) is 3.25. The van der Waals surface area contributed by atoms with Crippen molar-refractivity contribution in [2.75, 3.05) is 19.6 Å². The third-order valence-electron chi connectivity index (χ3n) is 2.08. The van der Waals surface area contributed by atoms with E-state index in [1.165, 1.54) is 0 Å². The van der Waals surface area contributed by atoms with Crippen LogP contribution in [0.15, 0.2) is 4.99 Å². The normalized spacial score (nSPS) is 21.4. The number of aliphatic imine (C=N–C) groups is 1. The van der Waals surface area contributed by atoms with E-state index in [-0.39, 0.29) is 17.9 Å². The van der Waals surface area contributed by atoms with Crippen LogP contribution in [0.25, 0.3) is 0 Å². The fraction of sp³-hybridized carbons (Fsp3) is 0.750. The van der Waals surface area contributed by atoms with Gasteiger partial charge < -0.3 is 22.1 Å². The van der Waals surface area contributed by atoms with Crippen molar-refractivity contribution >= 4 is 11.9 Å². The van der Waals surface area contributed by atoms with Crippen molar-refractivity contribution in [1.82, 2.24) is 10.6 Å². The van der Waals surface area contributed by atoms with Crippen molar-refractivity contribution in [3.63, 3.8) is 0 Å². The fourth-order valence-corrected chi connectivity index (χ4v) is 1.38. The molecule has 0 aromatic rings. The molecule has 0 radical (unpaired) electrons. The summed E-state index contributed by atoms with van der Waals surface area (Å²) in [6.07, 6.45) is 1.58. The van der Waals surface area contributed by atoms with Crippen LogP contribution >= 0.6 is 0 Å². The summed E-state index contributed by atoms with van der Waals surface area (Å²) in [5.41, 5.74) is 10.3. The summed E-state index contributed by atoms with van der Waals surface area (Å²) in [6.45, 7) is 2.12. The van der Waals surface area contributed by atoms with Gasteiger partial charge in [-0.25, -0.2) is 0 Å². The molecule has 6 nitrogen and oxygen atoms in total. The molecule has 0 aromatic heterocycles. The number of rotatable bonds is 4. The summed E-state index contributed by atoms with van der Waals surface area (Å²) in [5, 5.41) is 5.93. The molecule has 1 rings (SSSR count). The first kappa shape index (κ1) is 10.8. The number of hydrogen-bond donors (Lipinski definition) is 4. The molecular weight excluding hydrogens is 182 g/mol. The molecule has 0 spiro atoms. The van der Waals surface area contributed by atoms with Crippen LogP contribution in [0.2, 0.25) is 0 Å². The average molecular weight is 199 g/mol. The number of nitrogens with zero attached hydrogens (tertiary/aromatic N) is 1. The summed E-state index contributed by atoms with van der Waals surface area (Å²) in [7, 11) is 0. The van der Waals surface area contributed by atoms with Gasteiger partial charge in [0.05, 0.1) is 6.04 Å². The first-order valence-electron chi connectivity index (χ1n) is 4.76. The predicted molar refractivity (Wildman–Crippen MR) is 54.7 cm³/mol. The molecule has 1 fully saturated rings. The van der Waals surface area contributed by atoms with E-state index in [2.05, 4.69) is 15.6 Å². The number of piperazine rings is 1. The van der Waals surface area contributed by atoms with Crippen LogP contribution in [0.4, 0.5) is 0 Å². The van der Waals surface area contributed by atoms with Crippen molar-refractivity contribution in [2.24, 2.45) is 16.5 Å². The Morgan fingerprint density at radius 2 is 2.29 bits per heavy atom. The highest BCUT2D eigenvalue weighted by Crippen LogP contribution is 2.00. The van der Waals surface area contributed by atoms with Crippen LogP contribution in [0, 0.1) is 0 Å². The number of hydrogen-bond acceptors (Lipinski definition) is 3. The molecule has 1 aliphatic rings. The first-order chi connectivity index (χ1) is 6.70. The summed E-state index contributed by atoms with van der Waals surface area (Å²) in [5.74, 6) is 0.173. The average Bonchev–Trinajstić information content (AvgIpc) is 2.15. The molecule has 1 atom stereocenters. The van der Waals surface area contributed by atoms with Crippen LogP contribution in [0.3, 0.4) is 0 Å². The number of amides is 1. The van der Waals surface area contributed by atoms with Crippen molar-refractivity contribution in [1.29, 1.82) is 0 Å². The van der Waals surface area contributed by atoms with Gasteiger partial charge in [-0.2, -0.15) is 0 Å². The Bertz CT molecular complexity index is 224. The maximum Gasteiger partial charge on any atom is 0.237 e. The molecule has 1 saturated heterocycles. The zero-order valence-electron chi connectivity index (χ0n) is 8.12. The summed E-state index contributed by atoms with van der Waals surface area (Å²) in [6, 6.07) is -0.0852. The standard InChI is InChI=1S/C8H17N5O/c9-8(10)13-3-1-2-6-7(14)12-5-4-11-6/h6,11H,1-5H2,(H,12,14)(H4,9,10,13). The van der Waals surface area contributed by atoms with Crippen molar-refractivity contribution < 1.29 is 4.79 Å². The topological polar surface area (TPSA) is 106 Å². The van der Waals surface area contributed by atoms with Crippen molar-refractivity contribution in [3.05, 3.63) is 0 Å². The quantitative estimate of drug-likeness (QED) is 0.242. The smallest absolute Gasteiger partial charge is 0.237 e. The van der Waals surface area contributed by atoms with Gasteiger partial charge in [0.2, 0.25) is 5.91 Å². The summed E-state index contributed by atoms with van der Waals surface area (Å²) >= 11 is 0. The van der Waals surface area contributed by atoms with Gasteiger partial charge in [-0.1, -0.05) is 0 Å². The molecule has 0 aromatic carbocycles. The molecule has 1 amide bonds. The Hall–Kier alpha value is -1.30. The predicted octanol–water partition coefficient (Wildman–Crippen LogP) is -1.87. The SMILES string of the molecule is NC(N)=NCCCC1NCCNC1=O. The minimum atomic E-state index is -0.0852. The van der Waals surface area contributed by atoms with Crippen LogP contribution < -0.4 is 22.1 Å². The molecule has 14 heavy (non-hydrogen) atoms. The minimum Gasteiger partial charge on any atom is -0.370 e. The Morgan fingerprint density at radius 1 is 1.50 bits per heavy atom. The number of nitrogens with one attached hydrogen (secondary N) is 2. The number of carbonyl (C=O) groups excluding carboxylic acids is 1. The number of nitrogens with two attached hydrogens (primary N) is 2. The molecule has 0 saturated carbocycles. The Balaban J connectivity index is 2.17. The molecule has 1 heterocycles. The molecule has 0 bridgehead atoms. The second-order valence-electron chi connectivity index (χ2n) is 3.25. The van der Waals surface area contributed by atoms with E-state index in [0.29, 0.717) is 13.1 Å². The Morgan fingerprint density at radius 3 is 2.93 bits per heavy atom. The van der Waals surface area contributed by atoms with Crippen LogP contribution in [-0.4, -0.2) is 37.5 Å². The lowest BCUT2D eigenvalue weighted by molar-refractivity contribution is -0.124. The maximum atomic E-state index is 11.3. The maximum absolute atomic E-state index is 11.3. The summed E-state index contributed by atoms with van der Waals surface area (Å²) < 4.78 is 0. The molecule has 80 valence electrons. The molecule has 6 heteroatoms. The monoisotopic (exact) mass is 199 g/mol. The number of carbonyl (C=O) groups is 1. The van der Waals surface area contributed by atoms with E-state index in [1.54, 1.807) is 0 Å². The van der Waals surface area contributed by atoms with E-state index in [9.17, 15) is 4.79 Å². The van der Waals surface area contributed by atoms with E-state index >= 15 is 0 Å². The van der Waals surface area contributed by atoms with Crippen LogP contribution in [-0.2, 0) is 4.79 Å². The van der Waals surface area contributed by atoms with Gasteiger partial charge in [0.1, 0.15) is 0 Å². The second kappa shape index (κ2) is 5.43. The molecule has 1 unspecified atom stereocenters.